The van der Waals surface area contributed by atoms with Gasteiger partial charge in [-0.05, 0) is 37.6 Å². The molecule has 3 N–H and O–H groups in total. The molecule has 1 aromatic carbocycles. The highest BCUT2D eigenvalue weighted by molar-refractivity contribution is 6.38. The number of aromatic hydroxyl groups is 1. The lowest BCUT2D eigenvalue weighted by Crippen LogP contribution is -2.48. The fourth-order valence-electron chi connectivity index (χ4n) is 2.86. The first kappa shape index (κ1) is 18.7. The van der Waals surface area contributed by atoms with Crippen LogP contribution in [-0.2, 0) is 20.9 Å². The van der Waals surface area contributed by atoms with E-state index in [1.807, 2.05) is 0 Å². The van der Waals surface area contributed by atoms with Crippen molar-refractivity contribution >= 4 is 17.6 Å². The van der Waals surface area contributed by atoms with E-state index in [1.165, 1.54) is 18.1 Å². The number of hydrogen-bond acceptors (Lipinski definition) is 6. The van der Waals surface area contributed by atoms with Crippen molar-refractivity contribution in [3.05, 3.63) is 23.8 Å². The summed E-state index contributed by atoms with van der Waals surface area (Å²) in [5.41, 5.74) is 0.633. The molecule has 2 amide bonds. The van der Waals surface area contributed by atoms with Crippen LogP contribution in [0.15, 0.2) is 18.2 Å². The zero-order chi connectivity index (χ0) is 18.4. The van der Waals surface area contributed by atoms with Gasteiger partial charge in [-0.15, -0.1) is 0 Å². The first-order valence-electron chi connectivity index (χ1n) is 8.10. The molecule has 1 atom stereocenters. The van der Waals surface area contributed by atoms with Crippen LogP contribution in [0.4, 0.5) is 0 Å². The number of nitrogens with one attached hydrogen (secondary N) is 2. The zero-order valence-corrected chi connectivity index (χ0v) is 14.4. The van der Waals surface area contributed by atoms with E-state index in [1.54, 1.807) is 19.2 Å². The number of phenolic OH excluding ortho intramolecular Hbond substituents is 1. The zero-order valence-electron chi connectivity index (χ0n) is 14.4. The van der Waals surface area contributed by atoms with E-state index in [-0.39, 0.29) is 24.7 Å². The van der Waals surface area contributed by atoms with Crippen molar-refractivity contribution in [3.8, 4) is 11.5 Å². The third-order valence-corrected chi connectivity index (χ3v) is 4.12. The summed E-state index contributed by atoms with van der Waals surface area (Å²) in [5.74, 6) is -1.24. The highest BCUT2D eigenvalue weighted by Gasteiger charge is 2.36. The van der Waals surface area contributed by atoms with Gasteiger partial charge < -0.3 is 25.4 Å². The minimum Gasteiger partial charge on any atom is -0.504 e. The molecule has 136 valence electrons. The van der Waals surface area contributed by atoms with Gasteiger partial charge >= 0.3 is 0 Å². The molecule has 2 rings (SSSR count). The monoisotopic (exact) mass is 349 g/mol. The van der Waals surface area contributed by atoms with Crippen LogP contribution >= 0.6 is 0 Å². The number of likely N-dealkylation sites (tertiary alicyclic amines) is 1. The number of carbonyl (C=O) groups is 3. The summed E-state index contributed by atoms with van der Waals surface area (Å²) in [6, 6.07) is 4.02. The summed E-state index contributed by atoms with van der Waals surface area (Å²) in [7, 11) is 3.10. The van der Waals surface area contributed by atoms with E-state index in [9.17, 15) is 19.5 Å². The van der Waals surface area contributed by atoms with Crippen molar-refractivity contribution < 1.29 is 24.2 Å². The molecule has 0 spiro atoms. The first-order valence-corrected chi connectivity index (χ1v) is 8.10. The van der Waals surface area contributed by atoms with E-state index in [4.69, 9.17) is 4.74 Å². The van der Waals surface area contributed by atoms with Gasteiger partial charge in [0.2, 0.25) is 11.7 Å². The predicted octanol–water partition coefficient (Wildman–Crippen LogP) is -0.203. The minimum absolute atomic E-state index is 0.0415. The molecule has 1 fully saturated rings. The molecule has 1 aliphatic rings. The van der Waals surface area contributed by atoms with Gasteiger partial charge in [-0.25, -0.2) is 0 Å². The summed E-state index contributed by atoms with van der Waals surface area (Å²) >= 11 is 0. The van der Waals surface area contributed by atoms with Gasteiger partial charge in [0.15, 0.2) is 11.5 Å². The second-order valence-corrected chi connectivity index (χ2v) is 5.83. The average molecular weight is 349 g/mol. The third kappa shape index (κ3) is 4.48. The number of Topliss-reactive ketones (excluding diaryl/α,β-unsaturated/α-hetero) is 1. The lowest BCUT2D eigenvalue weighted by molar-refractivity contribution is -0.144. The molecule has 8 heteroatoms. The molecule has 25 heavy (non-hydrogen) atoms. The molecule has 1 saturated heterocycles. The number of carbonyl (C=O) groups excluding carboxylic acids is 3. The number of rotatable bonds is 7. The van der Waals surface area contributed by atoms with Crippen molar-refractivity contribution in [2.24, 2.45) is 0 Å². The Morgan fingerprint density at radius 2 is 2.12 bits per heavy atom. The highest BCUT2D eigenvalue weighted by Crippen LogP contribution is 2.26. The molecule has 1 aromatic rings. The minimum atomic E-state index is -0.732. The number of likely N-dealkylation sites (N-methyl/N-ethyl adjacent to an activating group) is 1. The van der Waals surface area contributed by atoms with E-state index in [0.717, 1.165) is 0 Å². The summed E-state index contributed by atoms with van der Waals surface area (Å²) in [6.07, 6.45) is 1.19. The van der Waals surface area contributed by atoms with Crippen LogP contribution in [0.25, 0.3) is 0 Å². The number of nitrogens with zero attached hydrogens (tertiary/aromatic N) is 1. The van der Waals surface area contributed by atoms with E-state index < -0.39 is 17.7 Å². The molecule has 0 bridgehead atoms. The number of benzene rings is 1. The number of ether oxygens (including phenoxy) is 1. The Kier molecular flexibility index (Phi) is 6.35. The molecular weight excluding hydrogens is 326 g/mol. The second kappa shape index (κ2) is 8.48. The maximum atomic E-state index is 12.4. The van der Waals surface area contributed by atoms with Gasteiger partial charge in [0, 0.05) is 13.1 Å². The Morgan fingerprint density at radius 1 is 1.36 bits per heavy atom. The van der Waals surface area contributed by atoms with Crippen LogP contribution < -0.4 is 15.4 Å². The number of ketones is 1. The van der Waals surface area contributed by atoms with E-state index >= 15 is 0 Å². The van der Waals surface area contributed by atoms with Crippen LogP contribution in [0.1, 0.15) is 18.4 Å². The lowest BCUT2D eigenvalue weighted by atomic mass is 10.1. The predicted molar refractivity (Wildman–Crippen MR) is 90.2 cm³/mol. The van der Waals surface area contributed by atoms with Gasteiger partial charge in [0.1, 0.15) is 6.04 Å². The Labute approximate surface area is 146 Å². The van der Waals surface area contributed by atoms with Gasteiger partial charge in [-0.2, -0.15) is 0 Å². The molecule has 0 aromatic heterocycles. The van der Waals surface area contributed by atoms with Crippen LogP contribution in [0.5, 0.6) is 11.5 Å². The molecule has 8 nitrogen and oxygen atoms in total. The number of hydrogen-bond donors (Lipinski definition) is 3. The third-order valence-electron chi connectivity index (χ3n) is 4.12. The van der Waals surface area contributed by atoms with Crippen LogP contribution in [0.3, 0.4) is 0 Å². The standard InChI is InChI=1S/C17H23N3O5/c1-18-10-15(22)20-7-3-4-12(20)16(23)17(24)19-9-11-5-6-14(25-2)13(21)8-11/h5-6,8,12,18,21H,3-4,7,9-10H2,1-2H3,(H,19,24). The molecule has 0 radical (unpaired) electrons. The summed E-state index contributed by atoms with van der Waals surface area (Å²) in [5, 5.41) is 15.0. The van der Waals surface area contributed by atoms with Crippen molar-refractivity contribution in [1.29, 1.82) is 0 Å². The van der Waals surface area contributed by atoms with Crippen molar-refractivity contribution in [1.82, 2.24) is 15.5 Å². The van der Waals surface area contributed by atoms with Gasteiger partial charge in [-0.3, -0.25) is 14.4 Å². The fraction of sp³-hybridized carbons (Fsp3) is 0.471. The topological polar surface area (TPSA) is 108 Å². The van der Waals surface area contributed by atoms with E-state index in [2.05, 4.69) is 10.6 Å². The van der Waals surface area contributed by atoms with Crippen molar-refractivity contribution in [2.75, 3.05) is 27.2 Å². The Morgan fingerprint density at radius 3 is 2.76 bits per heavy atom. The highest BCUT2D eigenvalue weighted by atomic mass is 16.5. The number of methoxy groups -OCH3 is 1. The fourth-order valence-corrected chi connectivity index (χ4v) is 2.86. The van der Waals surface area contributed by atoms with Gasteiger partial charge in [-0.1, -0.05) is 6.07 Å². The molecule has 0 saturated carbocycles. The van der Waals surface area contributed by atoms with Crippen molar-refractivity contribution in [3.63, 3.8) is 0 Å². The molecular formula is C17H23N3O5. The number of amides is 2. The smallest absolute Gasteiger partial charge is 0.289 e. The second-order valence-electron chi connectivity index (χ2n) is 5.83. The van der Waals surface area contributed by atoms with E-state index in [0.29, 0.717) is 30.7 Å². The lowest BCUT2D eigenvalue weighted by Gasteiger charge is -2.23. The summed E-state index contributed by atoms with van der Waals surface area (Å²) in [4.78, 5) is 37.9. The normalized spacial score (nSPS) is 16.6. The molecule has 1 heterocycles. The van der Waals surface area contributed by atoms with Crippen molar-refractivity contribution in [2.45, 2.75) is 25.4 Å². The Bertz CT molecular complexity index is 662. The summed E-state index contributed by atoms with van der Waals surface area (Å²) < 4.78 is 4.95. The molecule has 1 unspecified atom stereocenters. The molecule has 0 aliphatic carbocycles. The maximum absolute atomic E-state index is 12.4. The molecule has 1 aliphatic heterocycles. The SMILES string of the molecule is CNCC(=O)N1CCCC1C(=O)C(=O)NCc1ccc(OC)c(O)c1. The Hall–Kier alpha value is -2.61. The maximum Gasteiger partial charge on any atom is 0.289 e. The quantitative estimate of drug-likeness (QED) is 0.588. The number of phenols is 1. The van der Waals surface area contributed by atoms with Crippen LogP contribution in [-0.4, -0.2) is 60.9 Å². The Balaban J connectivity index is 1.94. The summed E-state index contributed by atoms with van der Waals surface area (Å²) in [6.45, 7) is 0.715. The van der Waals surface area contributed by atoms with Crippen LogP contribution in [0.2, 0.25) is 0 Å². The van der Waals surface area contributed by atoms with Gasteiger partial charge in [0.25, 0.3) is 5.91 Å². The first-order chi connectivity index (χ1) is 12.0. The average Bonchev–Trinajstić information content (AvgIpc) is 3.09. The largest absolute Gasteiger partial charge is 0.504 e. The van der Waals surface area contributed by atoms with Crippen LogP contribution in [0, 0.1) is 0 Å². The van der Waals surface area contributed by atoms with Gasteiger partial charge in [0.05, 0.1) is 13.7 Å².